The summed E-state index contributed by atoms with van der Waals surface area (Å²) in [5, 5.41) is 3.45. The number of hydrogen-bond donors (Lipinski definition) is 0. The van der Waals surface area contributed by atoms with Crippen molar-refractivity contribution < 1.29 is 17.9 Å². The molecule has 0 spiro atoms. The van der Waals surface area contributed by atoms with Crippen molar-refractivity contribution in [2.45, 2.75) is 12.2 Å². The van der Waals surface area contributed by atoms with E-state index in [4.69, 9.17) is 4.74 Å². The zero-order valence-electron chi connectivity index (χ0n) is 9.86. The minimum atomic E-state index is -4.50. The predicted molar refractivity (Wildman–Crippen MR) is 63.5 cm³/mol. The summed E-state index contributed by atoms with van der Waals surface area (Å²) < 4.78 is 44.8. The van der Waals surface area contributed by atoms with Gasteiger partial charge in [0.15, 0.2) is 5.69 Å². The van der Waals surface area contributed by atoms with Crippen LogP contribution < -0.4 is 4.74 Å². The zero-order valence-corrected chi connectivity index (χ0v) is 10.7. The van der Waals surface area contributed by atoms with Crippen LogP contribution in [-0.2, 0) is 13.2 Å². The number of aromatic nitrogens is 2. The first-order chi connectivity index (χ1) is 8.43. The second kappa shape index (κ2) is 4.83. The molecule has 0 saturated carbocycles. The first-order valence-corrected chi connectivity index (χ1v) is 6.62. The van der Waals surface area contributed by atoms with Crippen molar-refractivity contribution >= 4 is 18.0 Å². The van der Waals surface area contributed by atoms with Crippen molar-refractivity contribution in [2.24, 2.45) is 12.0 Å². The van der Waals surface area contributed by atoms with Crippen molar-refractivity contribution in [1.29, 1.82) is 0 Å². The smallest absolute Gasteiger partial charge is 0.435 e. The maximum Gasteiger partial charge on any atom is 0.435 e. The van der Waals surface area contributed by atoms with Crippen LogP contribution in [0, 0.1) is 0 Å². The van der Waals surface area contributed by atoms with Crippen molar-refractivity contribution in [2.75, 3.05) is 18.6 Å². The molecule has 0 amide bonds. The lowest BCUT2D eigenvalue weighted by Gasteiger charge is -2.09. The highest BCUT2D eigenvalue weighted by Gasteiger charge is 2.39. The monoisotopic (exact) mass is 279 g/mol. The van der Waals surface area contributed by atoms with Gasteiger partial charge < -0.3 is 4.74 Å². The number of alkyl halides is 3. The van der Waals surface area contributed by atoms with E-state index in [0.29, 0.717) is 5.75 Å². The maximum atomic E-state index is 12.8. The Morgan fingerprint density at radius 1 is 1.56 bits per heavy atom. The molecular weight excluding hydrogens is 267 g/mol. The molecule has 0 fully saturated rings. The van der Waals surface area contributed by atoms with Crippen LogP contribution in [-0.4, -0.2) is 40.7 Å². The first-order valence-electron chi connectivity index (χ1n) is 5.22. The molecule has 4 nitrogen and oxygen atoms in total. The molecule has 1 atom stereocenters. The van der Waals surface area contributed by atoms with Gasteiger partial charge in [0.2, 0.25) is 5.88 Å². The van der Waals surface area contributed by atoms with E-state index in [1.807, 2.05) is 6.26 Å². The molecule has 2 heterocycles. The van der Waals surface area contributed by atoms with Crippen molar-refractivity contribution in [3.63, 3.8) is 0 Å². The number of halogens is 3. The summed E-state index contributed by atoms with van der Waals surface area (Å²) in [7, 11) is 1.43. The van der Waals surface area contributed by atoms with Gasteiger partial charge in [-0.1, -0.05) is 0 Å². The molecule has 0 N–H and O–H groups in total. The van der Waals surface area contributed by atoms with E-state index in [2.05, 4.69) is 10.1 Å². The second-order valence-corrected chi connectivity index (χ2v) is 4.80. The second-order valence-electron chi connectivity index (χ2n) is 3.89. The number of thioether (sulfide) groups is 1. The highest BCUT2D eigenvalue weighted by atomic mass is 32.2. The third kappa shape index (κ3) is 2.47. The number of aliphatic imine (C=N–C) groups is 1. The van der Waals surface area contributed by atoms with Gasteiger partial charge in [-0.15, -0.1) is 0 Å². The average molecular weight is 279 g/mol. The molecular formula is C10H12F3N3OS. The third-order valence-corrected chi connectivity index (χ3v) is 3.20. The molecule has 1 aromatic rings. The van der Waals surface area contributed by atoms with Crippen LogP contribution >= 0.6 is 11.8 Å². The summed E-state index contributed by atoms with van der Waals surface area (Å²) in [6, 6.07) is -0.131. The SMILES string of the molecule is CSCC1COc2c(c(C(F)(F)F)nn2C)C=N1. The molecule has 0 aliphatic carbocycles. The van der Waals surface area contributed by atoms with Crippen LogP contribution in [0.1, 0.15) is 11.3 Å². The number of rotatable bonds is 2. The Bertz CT molecular complexity index is 470. The fourth-order valence-corrected chi connectivity index (χ4v) is 2.27. The quantitative estimate of drug-likeness (QED) is 0.831. The lowest BCUT2D eigenvalue weighted by Crippen LogP contribution is -2.18. The highest BCUT2D eigenvalue weighted by molar-refractivity contribution is 7.98. The van der Waals surface area contributed by atoms with E-state index in [1.165, 1.54) is 13.3 Å². The van der Waals surface area contributed by atoms with E-state index in [-0.39, 0.29) is 24.1 Å². The summed E-state index contributed by atoms with van der Waals surface area (Å²) in [4.78, 5) is 4.12. The largest absolute Gasteiger partial charge is 0.475 e. The van der Waals surface area contributed by atoms with Crippen molar-refractivity contribution in [1.82, 2.24) is 9.78 Å². The summed E-state index contributed by atoms with van der Waals surface area (Å²) in [6.45, 7) is 0.265. The standard InChI is InChI=1S/C10H12F3N3OS/c1-16-9-7(8(15-16)10(11,12)13)3-14-6(4-17-9)5-18-2/h3,6H,4-5H2,1-2H3. The van der Waals surface area contributed by atoms with Crippen LogP contribution in [0.25, 0.3) is 0 Å². The number of ether oxygens (including phenoxy) is 1. The number of aryl methyl sites for hydroxylation is 1. The van der Waals surface area contributed by atoms with Crippen LogP contribution in [0.5, 0.6) is 5.88 Å². The number of nitrogens with zero attached hydrogens (tertiary/aromatic N) is 3. The Hall–Kier alpha value is -1.18. The summed E-state index contributed by atoms with van der Waals surface area (Å²) in [5.41, 5.74) is -1.04. The predicted octanol–water partition coefficient (Wildman–Crippen LogP) is 1.98. The molecule has 1 unspecified atom stereocenters. The molecule has 100 valence electrons. The molecule has 0 bridgehead atoms. The fraction of sp³-hybridized carbons (Fsp3) is 0.600. The minimum Gasteiger partial charge on any atom is -0.475 e. The van der Waals surface area contributed by atoms with Crippen molar-refractivity contribution in [3.8, 4) is 5.88 Å². The molecule has 2 rings (SSSR count). The summed E-state index contributed by atoms with van der Waals surface area (Å²) >= 11 is 1.57. The van der Waals surface area contributed by atoms with E-state index >= 15 is 0 Å². The highest BCUT2D eigenvalue weighted by Crippen LogP contribution is 2.35. The normalized spacial score (nSPS) is 19.3. The molecule has 1 aromatic heterocycles. The van der Waals surface area contributed by atoms with E-state index in [9.17, 15) is 13.2 Å². The van der Waals surface area contributed by atoms with E-state index in [0.717, 1.165) is 4.68 Å². The van der Waals surface area contributed by atoms with E-state index in [1.54, 1.807) is 11.8 Å². The molecule has 0 aromatic carbocycles. The number of fused-ring (bicyclic) bond motifs is 1. The van der Waals surface area contributed by atoms with Crippen LogP contribution in [0.2, 0.25) is 0 Å². The van der Waals surface area contributed by atoms with Crippen LogP contribution in [0.4, 0.5) is 13.2 Å². The molecule has 0 radical (unpaired) electrons. The van der Waals surface area contributed by atoms with Gasteiger partial charge in [0.1, 0.15) is 6.61 Å². The lowest BCUT2D eigenvalue weighted by atomic mass is 10.2. The zero-order chi connectivity index (χ0) is 13.3. The molecule has 0 saturated heterocycles. The molecule has 1 aliphatic rings. The first kappa shape index (κ1) is 13.3. The molecule has 1 aliphatic heterocycles. The van der Waals surface area contributed by atoms with Gasteiger partial charge in [-0.05, 0) is 6.26 Å². The molecule has 8 heteroatoms. The Morgan fingerprint density at radius 3 is 2.89 bits per heavy atom. The van der Waals surface area contributed by atoms with E-state index < -0.39 is 11.9 Å². The summed E-state index contributed by atoms with van der Waals surface area (Å²) in [6.07, 6.45) is -1.37. The molecule has 18 heavy (non-hydrogen) atoms. The maximum absolute atomic E-state index is 12.8. The topological polar surface area (TPSA) is 39.4 Å². The van der Waals surface area contributed by atoms with Crippen molar-refractivity contribution in [3.05, 3.63) is 11.3 Å². The minimum absolute atomic E-state index is 0.0893. The van der Waals surface area contributed by atoms with Crippen LogP contribution in [0.3, 0.4) is 0 Å². The summed E-state index contributed by atoms with van der Waals surface area (Å²) in [5.74, 6) is 0.828. The van der Waals surface area contributed by atoms with Crippen LogP contribution in [0.15, 0.2) is 4.99 Å². The van der Waals surface area contributed by atoms with Gasteiger partial charge in [-0.2, -0.15) is 30.0 Å². The van der Waals surface area contributed by atoms with Gasteiger partial charge in [-0.25, -0.2) is 4.68 Å². The third-order valence-electron chi connectivity index (χ3n) is 2.48. The Labute approximate surface area is 106 Å². The van der Waals surface area contributed by atoms with Gasteiger partial charge in [0.05, 0.1) is 11.6 Å². The van der Waals surface area contributed by atoms with Gasteiger partial charge >= 0.3 is 6.18 Å². The lowest BCUT2D eigenvalue weighted by molar-refractivity contribution is -0.141. The van der Waals surface area contributed by atoms with Gasteiger partial charge in [-0.3, -0.25) is 4.99 Å². The van der Waals surface area contributed by atoms with Gasteiger partial charge in [0.25, 0.3) is 0 Å². The Balaban J connectivity index is 2.38. The fourth-order valence-electron chi connectivity index (χ4n) is 1.70. The number of hydrogen-bond acceptors (Lipinski definition) is 4. The Kier molecular flexibility index (Phi) is 3.56. The van der Waals surface area contributed by atoms with Gasteiger partial charge in [0, 0.05) is 19.0 Å². The average Bonchev–Trinajstić information content (AvgIpc) is 2.46. The Morgan fingerprint density at radius 2 is 2.28 bits per heavy atom.